The van der Waals surface area contributed by atoms with Gasteiger partial charge in [0.15, 0.2) is 0 Å². The molecule has 2 N–H and O–H groups in total. The monoisotopic (exact) mass is 219 g/mol. The normalized spacial score (nSPS) is 17.6. The van der Waals surface area contributed by atoms with Crippen LogP contribution in [0, 0.1) is 0 Å². The molecule has 1 fully saturated rings. The minimum absolute atomic E-state index is 0.472. The molecule has 2 nitrogen and oxygen atoms in total. The highest BCUT2D eigenvalue weighted by atomic mass is 16.5. The van der Waals surface area contributed by atoms with Crippen LogP contribution < -0.4 is 5.73 Å². The Morgan fingerprint density at radius 3 is 2.44 bits per heavy atom. The zero-order valence-electron chi connectivity index (χ0n) is 9.82. The van der Waals surface area contributed by atoms with Gasteiger partial charge in [0.2, 0.25) is 0 Å². The van der Waals surface area contributed by atoms with Crippen molar-refractivity contribution in [3.63, 3.8) is 0 Å². The van der Waals surface area contributed by atoms with Crippen molar-refractivity contribution in [2.75, 3.05) is 0 Å². The van der Waals surface area contributed by atoms with Crippen LogP contribution in [0.25, 0.3) is 0 Å². The molecule has 88 valence electrons. The number of ether oxygens (including phenoxy) is 1. The van der Waals surface area contributed by atoms with Gasteiger partial charge in [0.05, 0.1) is 12.7 Å². The number of hydrogen-bond acceptors (Lipinski definition) is 2. The molecule has 0 atom stereocenters. The molecule has 0 amide bonds. The first-order valence-corrected chi connectivity index (χ1v) is 6.28. The standard InChI is InChI=1S/C14H21NO/c15-10-12-6-4-5-7-13(12)11-16-14-8-2-1-3-9-14/h4-7,14H,1-3,8-11,15H2. The third-order valence-corrected chi connectivity index (χ3v) is 3.37. The molecule has 16 heavy (non-hydrogen) atoms. The van der Waals surface area contributed by atoms with Crippen LogP contribution in [0.3, 0.4) is 0 Å². The summed E-state index contributed by atoms with van der Waals surface area (Å²) in [6, 6.07) is 8.29. The summed E-state index contributed by atoms with van der Waals surface area (Å²) in [7, 11) is 0. The van der Waals surface area contributed by atoms with E-state index in [1.807, 2.05) is 6.07 Å². The molecule has 1 aliphatic rings. The molecule has 0 radical (unpaired) electrons. The molecule has 0 saturated heterocycles. The van der Waals surface area contributed by atoms with Crippen molar-refractivity contribution in [1.82, 2.24) is 0 Å². The Hall–Kier alpha value is -0.860. The largest absolute Gasteiger partial charge is 0.374 e. The maximum atomic E-state index is 5.96. The molecule has 2 heteroatoms. The van der Waals surface area contributed by atoms with E-state index >= 15 is 0 Å². The van der Waals surface area contributed by atoms with Gasteiger partial charge in [0, 0.05) is 6.54 Å². The van der Waals surface area contributed by atoms with Crippen LogP contribution in [-0.4, -0.2) is 6.10 Å². The van der Waals surface area contributed by atoms with Gasteiger partial charge in [0.1, 0.15) is 0 Å². The van der Waals surface area contributed by atoms with Crippen LogP contribution in [0.4, 0.5) is 0 Å². The van der Waals surface area contributed by atoms with Gasteiger partial charge < -0.3 is 10.5 Å². The SMILES string of the molecule is NCc1ccccc1COC1CCCCC1. The lowest BCUT2D eigenvalue weighted by molar-refractivity contribution is 0.0165. The Kier molecular flexibility index (Phi) is 4.37. The molecular weight excluding hydrogens is 198 g/mol. The summed E-state index contributed by atoms with van der Waals surface area (Å²) in [5.41, 5.74) is 8.16. The number of rotatable bonds is 4. The average Bonchev–Trinajstić information content (AvgIpc) is 2.38. The van der Waals surface area contributed by atoms with Crippen LogP contribution >= 0.6 is 0 Å². The van der Waals surface area contributed by atoms with E-state index in [1.54, 1.807) is 0 Å². The van der Waals surface area contributed by atoms with Crippen molar-refractivity contribution in [2.45, 2.75) is 51.4 Å². The topological polar surface area (TPSA) is 35.2 Å². The van der Waals surface area contributed by atoms with E-state index in [1.165, 1.54) is 43.2 Å². The smallest absolute Gasteiger partial charge is 0.0723 e. The third-order valence-electron chi connectivity index (χ3n) is 3.37. The molecule has 1 aromatic carbocycles. The van der Waals surface area contributed by atoms with Gasteiger partial charge in [0.25, 0.3) is 0 Å². The zero-order valence-corrected chi connectivity index (χ0v) is 9.82. The van der Waals surface area contributed by atoms with Crippen molar-refractivity contribution in [2.24, 2.45) is 5.73 Å². The van der Waals surface area contributed by atoms with Crippen molar-refractivity contribution < 1.29 is 4.74 Å². The van der Waals surface area contributed by atoms with Crippen molar-refractivity contribution in [3.05, 3.63) is 35.4 Å². The molecule has 2 rings (SSSR count). The second kappa shape index (κ2) is 6.02. The van der Waals surface area contributed by atoms with Crippen LogP contribution in [0.2, 0.25) is 0 Å². The molecule has 0 spiro atoms. The van der Waals surface area contributed by atoms with Crippen molar-refractivity contribution >= 4 is 0 Å². The summed E-state index contributed by atoms with van der Waals surface area (Å²) < 4.78 is 5.96. The van der Waals surface area contributed by atoms with E-state index in [4.69, 9.17) is 10.5 Å². The molecule has 1 aromatic rings. The maximum Gasteiger partial charge on any atom is 0.0723 e. The van der Waals surface area contributed by atoms with E-state index in [0.29, 0.717) is 12.6 Å². The summed E-state index contributed by atoms with van der Waals surface area (Å²) in [5, 5.41) is 0. The Balaban J connectivity index is 1.88. The predicted molar refractivity (Wildman–Crippen MR) is 66.0 cm³/mol. The second-order valence-corrected chi connectivity index (χ2v) is 4.54. The van der Waals surface area contributed by atoms with Crippen molar-refractivity contribution in [1.29, 1.82) is 0 Å². The lowest BCUT2D eigenvalue weighted by Gasteiger charge is -2.22. The third kappa shape index (κ3) is 3.06. The van der Waals surface area contributed by atoms with Gasteiger partial charge in [-0.15, -0.1) is 0 Å². The van der Waals surface area contributed by atoms with Crippen LogP contribution in [0.5, 0.6) is 0 Å². The minimum atomic E-state index is 0.472. The van der Waals surface area contributed by atoms with Crippen LogP contribution in [0.15, 0.2) is 24.3 Å². The summed E-state index contributed by atoms with van der Waals surface area (Å²) in [6.07, 6.45) is 6.95. The predicted octanol–water partition coefficient (Wildman–Crippen LogP) is 2.99. The van der Waals surface area contributed by atoms with Crippen molar-refractivity contribution in [3.8, 4) is 0 Å². The van der Waals surface area contributed by atoms with Gasteiger partial charge >= 0.3 is 0 Å². The Bertz CT molecular complexity index is 318. The minimum Gasteiger partial charge on any atom is -0.374 e. The van der Waals surface area contributed by atoms with Gasteiger partial charge in [-0.2, -0.15) is 0 Å². The molecule has 0 bridgehead atoms. The molecule has 0 aliphatic heterocycles. The van der Waals surface area contributed by atoms with E-state index in [0.717, 1.165) is 6.61 Å². The van der Waals surface area contributed by atoms with E-state index in [-0.39, 0.29) is 0 Å². The number of hydrogen-bond donors (Lipinski definition) is 1. The van der Waals surface area contributed by atoms with Gasteiger partial charge in [-0.25, -0.2) is 0 Å². The lowest BCUT2D eigenvalue weighted by atomic mass is 9.98. The lowest BCUT2D eigenvalue weighted by Crippen LogP contribution is -2.17. The second-order valence-electron chi connectivity index (χ2n) is 4.54. The highest BCUT2D eigenvalue weighted by Crippen LogP contribution is 2.22. The number of nitrogens with two attached hydrogens (primary N) is 1. The summed E-state index contributed by atoms with van der Waals surface area (Å²) in [4.78, 5) is 0. The molecule has 0 heterocycles. The van der Waals surface area contributed by atoms with E-state index < -0.39 is 0 Å². The first-order valence-electron chi connectivity index (χ1n) is 6.28. The first-order chi connectivity index (χ1) is 7.90. The Labute approximate surface area is 97.8 Å². The first kappa shape index (κ1) is 11.6. The fourth-order valence-electron chi connectivity index (χ4n) is 2.34. The fraction of sp³-hybridized carbons (Fsp3) is 0.571. The average molecular weight is 219 g/mol. The fourth-order valence-corrected chi connectivity index (χ4v) is 2.34. The summed E-state index contributed by atoms with van der Waals surface area (Å²) in [6.45, 7) is 1.32. The quantitative estimate of drug-likeness (QED) is 0.845. The van der Waals surface area contributed by atoms with Gasteiger partial charge in [-0.1, -0.05) is 43.5 Å². The maximum absolute atomic E-state index is 5.96. The Morgan fingerprint density at radius 1 is 1.06 bits per heavy atom. The zero-order chi connectivity index (χ0) is 11.2. The van der Waals surface area contributed by atoms with Crippen LogP contribution in [-0.2, 0) is 17.9 Å². The molecule has 1 aliphatic carbocycles. The highest BCUT2D eigenvalue weighted by Gasteiger charge is 2.13. The van der Waals surface area contributed by atoms with E-state index in [9.17, 15) is 0 Å². The number of benzene rings is 1. The van der Waals surface area contributed by atoms with Gasteiger partial charge in [-0.3, -0.25) is 0 Å². The van der Waals surface area contributed by atoms with Crippen LogP contribution in [0.1, 0.15) is 43.2 Å². The van der Waals surface area contributed by atoms with E-state index in [2.05, 4.69) is 18.2 Å². The molecular formula is C14H21NO. The molecule has 0 aromatic heterocycles. The van der Waals surface area contributed by atoms with Gasteiger partial charge in [-0.05, 0) is 24.0 Å². The summed E-state index contributed by atoms with van der Waals surface area (Å²) >= 11 is 0. The summed E-state index contributed by atoms with van der Waals surface area (Å²) in [5.74, 6) is 0. The highest BCUT2D eigenvalue weighted by molar-refractivity contribution is 5.26. The molecule has 1 saturated carbocycles. The Morgan fingerprint density at radius 2 is 1.75 bits per heavy atom. The molecule has 0 unspecified atom stereocenters.